The minimum Gasteiger partial charge on any atom is -0.497 e. The molecule has 3 aromatic carbocycles. The summed E-state index contributed by atoms with van der Waals surface area (Å²) in [4.78, 5) is 35.2. The molecule has 0 fully saturated rings. The second kappa shape index (κ2) is 13.2. The van der Waals surface area contributed by atoms with E-state index in [0.717, 1.165) is 17.3 Å². The third kappa shape index (κ3) is 8.06. The molecule has 2 amide bonds. The zero-order valence-corrected chi connectivity index (χ0v) is 20.3. The second-order valence-electron chi connectivity index (χ2n) is 7.69. The van der Waals surface area contributed by atoms with Crippen LogP contribution in [0.25, 0.3) is 0 Å². The number of hydrogen-bond acceptors (Lipinski definition) is 8. The van der Waals surface area contributed by atoms with E-state index < -0.39 is 10.8 Å². The van der Waals surface area contributed by atoms with Gasteiger partial charge in [0.1, 0.15) is 12.4 Å². The van der Waals surface area contributed by atoms with Gasteiger partial charge in [-0.2, -0.15) is 5.10 Å². The van der Waals surface area contributed by atoms with Crippen molar-refractivity contribution >= 4 is 23.7 Å². The molecule has 0 saturated carbocycles. The Hall–Kier alpha value is -4.93. The number of carbonyl (C=O) groups excluding carboxylic acids is 2. The molecule has 11 heteroatoms. The summed E-state index contributed by atoms with van der Waals surface area (Å²) in [7, 11) is 2.96. The molecule has 0 radical (unpaired) electrons. The fourth-order valence-electron chi connectivity index (χ4n) is 3.22. The van der Waals surface area contributed by atoms with Gasteiger partial charge in [-0.25, -0.2) is 5.43 Å². The number of nitrogens with zero attached hydrogens (tertiary/aromatic N) is 2. The Balaban J connectivity index is 1.57. The fraction of sp³-hybridized carbons (Fsp3) is 0.192. The van der Waals surface area contributed by atoms with Crippen molar-refractivity contribution in [3.63, 3.8) is 0 Å². The molecular formula is C26H26N4O7. The van der Waals surface area contributed by atoms with Crippen LogP contribution >= 0.6 is 0 Å². The smallest absolute Gasteiger partial charge is 0.282 e. The maximum absolute atomic E-state index is 12.1. The number of nitrogens with one attached hydrogen (secondary N) is 2. The van der Waals surface area contributed by atoms with Crippen molar-refractivity contribution in [3.05, 3.63) is 93.5 Å². The monoisotopic (exact) mass is 506 g/mol. The lowest BCUT2D eigenvalue weighted by Crippen LogP contribution is -2.35. The van der Waals surface area contributed by atoms with Gasteiger partial charge in [-0.05, 0) is 29.3 Å². The normalized spacial score (nSPS) is 10.5. The molecule has 3 rings (SSSR count). The molecular weight excluding hydrogens is 480 g/mol. The van der Waals surface area contributed by atoms with Gasteiger partial charge in [-0.15, -0.1) is 0 Å². The van der Waals surface area contributed by atoms with Crippen LogP contribution in [0, 0.1) is 10.1 Å². The largest absolute Gasteiger partial charge is 0.497 e. The van der Waals surface area contributed by atoms with Crippen molar-refractivity contribution in [2.24, 2.45) is 5.10 Å². The van der Waals surface area contributed by atoms with Gasteiger partial charge in [0.2, 0.25) is 5.91 Å². The number of hydrogen-bond donors (Lipinski definition) is 2. The zero-order chi connectivity index (χ0) is 26.6. The molecule has 0 spiro atoms. The van der Waals surface area contributed by atoms with Crippen LogP contribution in [0.2, 0.25) is 0 Å². The minimum atomic E-state index is -0.600. The Morgan fingerprint density at radius 3 is 2.32 bits per heavy atom. The molecule has 0 saturated heterocycles. The van der Waals surface area contributed by atoms with Crippen LogP contribution in [-0.2, 0) is 22.6 Å². The lowest BCUT2D eigenvalue weighted by molar-refractivity contribution is -0.385. The third-order valence-corrected chi connectivity index (χ3v) is 5.11. The summed E-state index contributed by atoms with van der Waals surface area (Å²) in [5.74, 6) is 0.181. The minimum absolute atomic E-state index is 0.0885. The van der Waals surface area contributed by atoms with Crippen molar-refractivity contribution in [1.82, 2.24) is 10.7 Å². The number of benzene rings is 3. The van der Waals surface area contributed by atoms with E-state index in [0.29, 0.717) is 5.75 Å². The number of hydrazone groups is 1. The van der Waals surface area contributed by atoms with Crippen LogP contribution < -0.4 is 25.0 Å². The Morgan fingerprint density at radius 2 is 1.68 bits per heavy atom. The van der Waals surface area contributed by atoms with Crippen LogP contribution in [0.1, 0.15) is 16.7 Å². The van der Waals surface area contributed by atoms with Crippen molar-refractivity contribution in [1.29, 1.82) is 0 Å². The zero-order valence-electron chi connectivity index (χ0n) is 20.3. The van der Waals surface area contributed by atoms with Gasteiger partial charge in [0.05, 0.1) is 50.0 Å². The standard InChI is InChI=1S/C26H26N4O7/c1-35-21-10-8-18(9-11-21)12-25(31)27-16-26(32)29-28-15-20-13-23(36-2)24(14-22(20)30(33)34)37-17-19-6-4-3-5-7-19/h3-11,13-15H,12,16-17H2,1-2H3,(H,27,31)(H,29,32). The maximum atomic E-state index is 12.1. The lowest BCUT2D eigenvalue weighted by Gasteiger charge is -2.12. The molecule has 0 aliphatic heterocycles. The number of ether oxygens (including phenoxy) is 3. The molecule has 192 valence electrons. The van der Waals surface area contributed by atoms with Crippen molar-refractivity contribution < 1.29 is 28.7 Å². The summed E-state index contributed by atoms with van der Waals surface area (Å²) in [5, 5.41) is 17.9. The van der Waals surface area contributed by atoms with Crippen LogP contribution in [0.5, 0.6) is 17.2 Å². The van der Waals surface area contributed by atoms with Crippen LogP contribution in [0.3, 0.4) is 0 Å². The van der Waals surface area contributed by atoms with E-state index in [-0.39, 0.29) is 48.2 Å². The first-order valence-electron chi connectivity index (χ1n) is 11.1. The van der Waals surface area contributed by atoms with Gasteiger partial charge < -0.3 is 19.5 Å². The number of rotatable bonds is 12. The highest BCUT2D eigenvalue weighted by atomic mass is 16.6. The predicted octanol–water partition coefficient (Wildman–Crippen LogP) is 3.00. The molecule has 0 bridgehead atoms. The van der Waals surface area contributed by atoms with Crippen molar-refractivity contribution in [2.75, 3.05) is 20.8 Å². The summed E-state index contributed by atoms with van der Waals surface area (Å²) in [6.07, 6.45) is 1.21. The van der Waals surface area contributed by atoms with Gasteiger partial charge in [0.25, 0.3) is 11.6 Å². The number of nitro benzene ring substituents is 1. The molecule has 3 aromatic rings. The molecule has 11 nitrogen and oxygen atoms in total. The molecule has 37 heavy (non-hydrogen) atoms. The lowest BCUT2D eigenvalue weighted by atomic mass is 10.1. The highest BCUT2D eigenvalue weighted by Gasteiger charge is 2.19. The van der Waals surface area contributed by atoms with E-state index in [9.17, 15) is 19.7 Å². The molecule has 0 unspecified atom stereocenters. The number of amides is 2. The van der Waals surface area contributed by atoms with Crippen molar-refractivity contribution in [3.8, 4) is 17.2 Å². The summed E-state index contributed by atoms with van der Waals surface area (Å²) in [5.41, 5.74) is 3.69. The quantitative estimate of drug-likeness (QED) is 0.218. The third-order valence-electron chi connectivity index (χ3n) is 5.11. The van der Waals surface area contributed by atoms with E-state index in [1.54, 1.807) is 31.4 Å². The average Bonchev–Trinajstić information content (AvgIpc) is 2.91. The Kier molecular flexibility index (Phi) is 9.54. The van der Waals surface area contributed by atoms with Gasteiger partial charge in [0, 0.05) is 0 Å². The first-order chi connectivity index (χ1) is 17.9. The van der Waals surface area contributed by atoms with Crippen LogP contribution in [0.4, 0.5) is 5.69 Å². The molecule has 0 atom stereocenters. The highest BCUT2D eigenvalue weighted by molar-refractivity contribution is 5.89. The van der Waals surface area contributed by atoms with Gasteiger partial charge in [-0.3, -0.25) is 19.7 Å². The van der Waals surface area contributed by atoms with E-state index in [1.807, 2.05) is 30.3 Å². The Bertz CT molecular complexity index is 1260. The summed E-state index contributed by atoms with van der Waals surface area (Å²) >= 11 is 0. The fourth-order valence-corrected chi connectivity index (χ4v) is 3.22. The Morgan fingerprint density at radius 1 is 0.946 bits per heavy atom. The summed E-state index contributed by atoms with van der Waals surface area (Å²) in [6.45, 7) is -0.119. The van der Waals surface area contributed by atoms with Crippen LogP contribution in [-0.4, -0.2) is 43.7 Å². The Labute approximate surface area is 213 Å². The topological polar surface area (TPSA) is 141 Å². The second-order valence-corrected chi connectivity index (χ2v) is 7.69. The van der Waals surface area contributed by atoms with Gasteiger partial charge in [0.15, 0.2) is 11.5 Å². The predicted molar refractivity (Wildman–Crippen MR) is 136 cm³/mol. The number of methoxy groups -OCH3 is 2. The number of nitro groups is 1. The molecule has 0 aromatic heterocycles. The van der Waals surface area contributed by atoms with E-state index in [2.05, 4.69) is 15.8 Å². The first kappa shape index (κ1) is 26.7. The van der Waals surface area contributed by atoms with E-state index in [1.165, 1.54) is 19.2 Å². The van der Waals surface area contributed by atoms with E-state index >= 15 is 0 Å². The average molecular weight is 507 g/mol. The molecule has 0 aliphatic carbocycles. The van der Waals surface area contributed by atoms with Gasteiger partial charge in [-0.1, -0.05) is 42.5 Å². The molecule has 2 N–H and O–H groups in total. The highest BCUT2D eigenvalue weighted by Crippen LogP contribution is 2.34. The van der Waals surface area contributed by atoms with Crippen LogP contribution in [0.15, 0.2) is 71.8 Å². The number of carbonyl (C=O) groups is 2. The summed E-state index contributed by atoms with van der Waals surface area (Å²) in [6, 6.07) is 18.9. The molecule has 0 aliphatic rings. The SMILES string of the molecule is COc1ccc(CC(=O)NCC(=O)NN=Cc2cc(OC)c(OCc3ccccc3)cc2[N+](=O)[O-])cc1. The molecule has 0 heterocycles. The van der Waals surface area contributed by atoms with E-state index in [4.69, 9.17) is 14.2 Å². The van der Waals surface area contributed by atoms with Crippen molar-refractivity contribution in [2.45, 2.75) is 13.0 Å². The maximum Gasteiger partial charge on any atom is 0.282 e. The first-order valence-corrected chi connectivity index (χ1v) is 11.1. The van der Waals surface area contributed by atoms with Gasteiger partial charge >= 0.3 is 0 Å². The summed E-state index contributed by atoms with van der Waals surface area (Å²) < 4.78 is 16.1.